The number of methoxy groups -OCH3 is 2. The number of rotatable bonds is 4. The van der Waals surface area contributed by atoms with Gasteiger partial charge in [-0.2, -0.15) is 0 Å². The maximum absolute atomic E-state index is 12.8. The molecule has 1 aromatic heterocycles. The molecule has 1 aromatic carbocycles. The molecule has 22 heavy (non-hydrogen) atoms. The van der Waals surface area contributed by atoms with Crippen molar-refractivity contribution in [3.05, 3.63) is 27.5 Å². The van der Waals surface area contributed by atoms with E-state index in [1.165, 1.54) is 18.4 Å². The van der Waals surface area contributed by atoms with Crippen molar-refractivity contribution in [3.63, 3.8) is 0 Å². The third kappa shape index (κ3) is 1.62. The van der Waals surface area contributed by atoms with Crippen LogP contribution >= 0.6 is 27.3 Å². The first kappa shape index (κ1) is 14.2. The summed E-state index contributed by atoms with van der Waals surface area (Å²) in [6.07, 6.45) is 1.26. The number of benzene rings is 1. The molecule has 114 valence electrons. The molecule has 4 nitrogen and oxygen atoms in total. The molecule has 2 aromatic rings. The summed E-state index contributed by atoms with van der Waals surface area (Å²) < 4.78 is 12.0. The van der Waals surface area contributed by atoms with Gasteiger partial charge in [0.05, 0.1) is 34.4 Å². The van der Waals surface area contributed by atoms with E-state index in [1.807, 2.05) is 18.2 Å². The molecule has 1 heterocycles. The third-order valence-corrected chi connectivity index (χ3v) is 6.61. The fourth-order valence-corrected chi connectivity index (χ4v) is 4.98. The van der Waals surface area contributed by atoms with Crippen LogP contribution in [0.25, 0.3) is 10.1 Å². The first-order valence-corrected chi connectivity index (χ1v) is 8.49. The molecule has 2 aliphatic rings. The maximum Gasteiger partial charge on any atom is 0.312 e. The molecule has 4 rings (SSSR count). The number of carbonyl (C=O) groups excluding carboxylic acids is 2. The first-order valence-electron chi connectivity index (χ1n) is 6.88. The van der Waals surface area contributed by atoms with Crippen LogP contribution in [0.5, 0.6) is 5.75 Å². The van der Waals surface area contributed by atoms with Crippen LogP contribution in [0.3, 0.4) is 0 Å². The Balaban J connectivity index is 1.69. The van der Waals surface area contributed by atoms with Crippen molar-refractivity contribution >= 4 is 49.1 Å². The highest BCUT2D eigenvalue weighted by Crippen LogP contribution is 2.87. The van der Waals surface area contributed by atoms with E-state index >= 15 is 0 Å². The zero-order valence-corrected chi connectivity index (χ0v) is 14.5. The molecule has 2 fully saturated rings. The van der Waals surface area contributed by atoms with Gasteiger partial charge in [-0.3, -0.25) is 9.59 Å². The number of hydrogen-bond donors (Lipinski definition) is 0. The van der Waals surface area contributed by atoms with Gasteiger partial charge in [0, 0.05) is 4.70 Å². The van der Waals surface area contributed by atoms with Crippen LogP contribution in [-0.2, 0) is 9.53 Å². The monoisotopic (exact) mass is 380 g/mol. The average Bonchev–Trinajstić information content (AvgIpc) is 3.28. The van der Waals surface area contributed by atoms with Crippen LogP contribution in [0.4, 0.5) is 0 Å². The van der Waals surface area contributed by atoms with E-state index in [9.17, 15) is 9.59 Å². The van der Waals surface area contributed by atoms with Crippen LogP contribution in [-0.4, -0.2) is 26.0 Å². The van der Waals surface area contributed by atoms with Crippen LogP contribution < -0.4 is 4.74 Å². The molecule has 0 radical (unpaired) electrons. The number of ether oxygens (including phenoxy) is 2. The van der Waals surface area contributed by atoms with Crippen molar-refractivity contribution in [3.8, 4) is 5.75 Å². The Morgan fingerprint density at radius 2 is 1.91 bits per heavy atom. The van der Waals surface area contributed by atoms with Gasteiger partial charge in [-0.05, 0) is 52.4 Å². The molecule has 0 N–H and O–H groups in total. The van der Waals surface area contributed by atoms with Crippen LogP contribution in [0.2, 0.25) is 0 Å². The molecule has 0 bridgehead atoms. The third-order valence-electron chi connectivity index (χ3n) is 4.90. The van der Waals surface area contributed by atoms with Gasteiger partial charge < -0.3 is 9.47 Å². The highest BCUT2D eigenvalue weighted by molar-refractivity contribution is 9.10. The molecule has 0 amide bonds. The predicted octanol–water partition coefficient (Wildman–Crippen LogP) is 3.81. The number of thiophene rings is 1. The quantitative estimate of drug-likeness (QED) is 0.597. The molecule has 0 saturated heterocycles. The fourth-order valence-electron chi connectivity index (χ4n) is 3.35. The number of Topliss-reactive ketones (excluding diaryl/α,β-unsaturated/α-hetero) is 1. The van der Waals surface area contributed by atoms with E-state index in [0.717, 1.165) is 20.3 Å². The lowest BCUT2D eigenvalue weighted by Gasteiger charge is -2.01. The molecule has 0 aliphatic heterocycles. The van der Waals surface area contributed by atoms with Crippen molar-refractivity contribution in [2.75, 3.05) is 14.2 Å². The van der Waals surface area contributed by atoms with Gasteiger partial charge in [-0.15, -0.1) is 11.3 Å². The van der Waals surface area contributed by atoms with Crippen molar-refractivity contribution in [2.45, 2.75) is 12.8 Å². The van der Waals surface area contributed by atoms with E-state index in [-0.39, 0.29) is 11.8 Å². The van der Waals surface area contributed by atoms with E-state index in [2.05, 4.69) is 15.9 Å². The Hall–Kier alpha value is -1.40. The number of ketones is 1. The lowest BCUT2D eigenvalue weighted by Crippen LogP contribution is -2.09. The second kappa shape index (κ2) is 4.32. The molecule has 0 unspecified atom stereocenters. The van der Waals surface area contributed by atoms with E-state index in [1.54, 1.807) is 7.11 Å². The minimum atomic E-state index is -0.521. The fraction of sp³-hybridized carbons (Fsp3) is 0.375. The summed E-state index contributed by atoms with van der Waals surface area (Å²) in [6.45, 7) is 0. The maximum atomic E-state index is 12.8. The van der Waals surface area contributed by atoms with Gasteiger partial charge in [-0.1, -0.05) is 0 Å². The van der Waals surface area contributed by atoms with E-state index < -0.39 is 10.8 Å². The summed E-state index contributed by atoms with van der Waals surface area (Å²) >= 11 is 4.91. The molecule has 0 atom stereocenters. The van der Waals surface area contributed by atoms with Crippen molar-refractivity contribution in [2.24, 2.45) is 10.8 Å². The smallest absolute Gasteiger partial charge is 0.312 e. The Bertz CT molecular complexity index is 832. The minimum absolute atomic E-state index is 0.0780. The molecule has 2 saturated carbocycles. The number of fused-ring (bicyclic) bond motifs is 2. The Kier molecular flexibility index (Phi) is 2.79. The first-order chi connectivity index (χ1) is 10.5. The Morgan fingerprint density at radius 3 is 2.55 bits per heavy atom. The topological polar surface area (TPSA) is 52.6 Å². The zero-order valence-electron chi connectivity index (χ0n) is 12.1. The van der Waals surface area contributed by atoms with Gasteiger partial charge in [0.15, 0.2) is 5.78 Å². The number of carbonyl (C=O) groups is 2. The highest BCUT2D eigenvalue weighted by atomic mass is 79.9. The summed E-state index contributed by atoms with van der Waals surface area (Å²) in [4.78, 5) is 25.3. The predicted molar refractivity (Wildman–Crippen MR) is 86.5 cm³/mol. The summed E-state index contributed by atoms with van der Waals surface area (Å²) in [5, 5.41) is 1.00. The van der Waals surface area contributed by atoms with Crippen LogP contribution in [0.1, 0.15) is 22.5 Å². The standard InChI is InChI=1S/C16H13BrO4S/c1-20-10-5-11-8(3-9(10)17)4-12(22-11)13(18)15-6-16(15,7-15)14(19)21-2/h3-5H,6-7H2,1-2H3. The van der Waals surface area contributed by atoms with Gasteiger partial charge in [-0.25, -0.2) is 0 Å². The lowest BCUT2D eigenvalue weighted by molar-refractivity contribution is -0.144. The Labute approximate surface area is 139 Å². The summed E-state index contributed by atoms with van der Waals surface area (Å²) in [5.41, 5.74) is -1.00. The van der Waals surface area contributed by atoms with Crippen molar-refractivity contribution in [1.29, 1.82) is 0 Å². The number of esters is 1. The zero-order chi connectivity index (χ0) is 15.7. The van der Waals surface area contributed by atoms with Gasteiger partial charge in [0.2, 0.25) is 0 Å². The molecule has 6 heteroatoms. The molecular weight excluding hydrogens is 368 g/mol. The van der Waals surface area contributed by atoms with Gasteiger partial charge in [0.25, 0.3) is 0 Å². The van der Waals surface area contributed by atoms with E-state index in [0.29, 0.717) is 17.7 Å². The normalized spacial score (nSPS) is 28.1. The van der Waals surface area contributed by atoms with E-state index in [4.69, 9.17) is 9.47 Å². The van der Waals surface area contributed by atoms with Crippen molar-refractivity contribution < 1.29 is 19.1 Å². The highest BCUT2D eigenvalue weighted by Gasteiger charge is 2.91. The minimum Gasteiger partial charge on any atom is -0.496 e. The molecular formula is C16H13BrO4S. The molecule has 2 aliphatic carbocycles. The molecule has 0 spiro atoms. The van der Waals surface area contributed by atoms with Crippen molar-refractivity contribution in [1.82, 2.24) is 0 Å². The lowest BCUT2D eigenvalue weighted by atomic mass is 10.1. The second-order valence-electron chi connectivity index (χ2n) is 5.97. The Morgan fingerprint density at radius 1 is 1.18 bits per heavy atom. The average molecular weight is 381 g/mol. The second-order valence-corrected chi connectivity index (χ2v) is 7.91. The summed E-state index contributed by atoms with van der Waals surface area (Å²) in [6, 6.07) is 5.78. The van der Waals surface area contributed by atoms with Crippen LogP contribution in [0, 0.1) is 10.8 Å². The number of hydrogen-bond acceptors (Lipinski definition) is 5. The largest absolute Gasteiger partial charge is 0.496 e. The number of halogens is 1. The summed E-state index contributed by atoms with van der Waals surface area (Å²) in [5.74, 6) is 0.578. The van der Waals surface area contributed by atoms with Gasteiger partial charge >= 0.3 is 5.97 Å². The summed E-state index contributed by atoms with van der Waals surface area (Å²) in [7, 11) is 3.00. The van der Waals surface area contributed by atoms with Crippen LogP contribution in [0.15, 0.2) is 22.7 Å². The SMILES string of the molecule is COC(=O)C12CC1(C(=O)c1cc3cc(Br)c(OC)cc3s1)C2. The van der Waals surface area contributed by atoms with Gasteiger partial charge in [0.1, 0.15) is 5.75 Å².